The van der Waals surface area contributed by atoms with Gasteiger partial charge in [0.15, 0.2) is 0 Å². The first-order chi connectivity index (χ1) is 9.01. The van der Waals surface area contributed by atoms with Crippen molar-refractivity contribution in [3.8, 4) is 0 Å². The molecule has 0 aromatic heterocycles. The van der Waals surface area contributed by atoms with Crippen LogP contribution in [-0.2, 0) is 4.74 Å². The summed E-state index contributed by atoms with van der Waals surface area (Å²) in [5.41, 5.74) is 0.513. The van der Waals surface area contributed by atoms with Gasteiger partial charge in [0.2, 0.25) is 0 Å². The molecule has 1 amide bonds. The Bertz CT molecular complexity index is 463. The highest BCUT2D eigenvalue weighted by Gasteiger charge is 2.29. The molecule has 19 heavy (non-hydrogen) atoms. The van der Waals surface area contributed by atoms with E-state index in [0.29, 0.717) is 34.1 Å². The predicted octanol–water partition coefficient (Wildman–Crippen LogP) is 3.62. The summed E-state index contributed by atoms with van der Waals surface area (Å²) >= 11 is 15.3. The Morgan fingerprint density at radius 2 is 2.05 bits per heavy atom. The molecule has 0 N–H and O–H groups in total. The summed E-state index contributed by atoms with van der Waals surface area (Å²) in [7, 11) is 0. The Morgan fingerprint density at radius 1 is 1.42 bits per heavy atom. The summed E-state index contributed by atoms with van der Waals surface area (Å²) < 4.78 is 5.61. The van der Waals surface area contributed by atoms with Crippen LogP contribution in [-0.4, -0.2) is 41.4 Å². The molecule has 0 saturated carbocycles. The highest BCUT2D eigenvalue weighted by atomic mass is 79.9. The van der Waals surface area contributed by atoms with E-state index in [1.807, 2.05) is 6.92 Å². The fourth-order valence-corrected chi connectivity index (χ4v) is 2.95. The van der Waals surface area contributed by atoms with E-state index in [0.717, 1.165) is 0 Å². The second kappa shape index (κ2) is 6.44. The molecule has 1 saturated heterocycles. The van der Waals surface area contributed by atoms with E-state index in [1.54, 1.807) is 23.1 Å². The zero-order valence-corrected chi connectivity index (χ0v) is 13.5. The molecule has 2 rings (SSSR count). The normalized spacial score (nSPS) is 23.5. The van der Waals surface area contributed by atoms with Crippen LogP contribution in [0.1, 0.15) is 17.3 Å². The fraction of sp³-hybridized carbons (Fsp3) is 0.462. The zero-order valence-electron chi connectivity index (χ0n) is 10.4. The number of benzene rings is 1. The number of hydrogen-bond acceptors (Lipinski definition) is 2. The fourth-order valence-electron chi connectivity index (χ4n) is 2.04. The highest BCUT2D eigenvalue weighted by molar-refractivity contribution is 9.09. The molecule has 0 bridgehead atoms. The molecule has 6 heteroatoms. The molecular formula is C13H14BrCl2NO2. The van der Waals surface area contributed by atoms with E-state index in [-0.39, 0.29) is 18.1 Å². The first-order valence-electron chi connectivity index (χ1n) is 5.96. The minimum atomic E-state index is -0.0637. The van der Waals surface area contributed by atoms with Crippen LogP contribution in [0, 0.1) is 0 Å². The summed E-state index contributed by atoms with van der Waals surface area (Å²) in [4.78, 5) is 14.3. The van der Waals surface area contributed by atoms with Gasteiger partial charge in [0, 0.05) is 27.5 Å². The van der Waals surface area contributed by atoms with E-state index in [9.17, 15) is 4.79 Å². The molecule has 1 aliphatic heterocycles. The van der Waals surface area contributed by atoms with Gasteiger partial charge in [0.1, 0.15) is 0 Å². The van der Waals surface area contributed by atoms with Crippen molar-refractivity contribution in [2.45, 2.75) is 19.1 Å². The van der Waals surface area contributed by atoms with Crippen molar-refractivity contribution >= 4 is 45.0 Å². The molecule has 1 fully saturated rings. The maximum atomic E-state index is 12.5. The lowest BCUT2D eigenvalue weighted by molar-refractivity contribution is -0.0361. The number of halogens is 3. The van der Waals surface area contributed by atoms with Gasteiger partial charge in [-0.15, -0.1) is 0 Å². The van der Waals surface area contributed by atoms with Crippen LogP contribution >= 0.6 is 39.1 Å². The van der Waals surface area contributed by atoms with Crippen LogP contribution in [0.25, 0.3) is 0 Å². The molecule has 1 aromatic rings. The van der Waals surface area contributed by atoms with Crippen molar-refractivity contribution in [3.63, 3.8) is 0 Å². The molecule has 0 spiro atoms. The maximum Gasteiger partial charge on any atom is 0.254 e. The van der Waals surface area contributed by atoms with Gasteiger partial charge in [-0.25, -0.2) is 0 Å². The van der Waals surface area contributed by atoms with Crippen molar-refractivity contribution in [1.29, 1.82) is 0 Å². The third-order valence-corrected chi connectivity index (χ3v) is 4.21. The summed E-state index contributed by atoms with van der Waals surface area (Å²) in [6.45, 7) is 3.07. The van der Waals surface area contributed by atoms with Crippen LogP contribution < -0.4 is 0 Å². The van der Waals surface area contributed by atoms with Crippen molar-refractivity contribution in [2.75, 3.05) is 18.5 Å². The smallest absolute Gasteiger partial charge is 0.254 e. The van der Waals surface area contributed by atoms with Crippen molar-refractivity contribution in [1.82, 2.24) is 4.90 Å². The molecular weight excluding hydrogens is 353 g/mol. The van der Waals surface area contributed by atoms with Gasteiger partial charge in [0.25, 0.3) is 5.91 Å². The average molecular weight is 367 g/mol. The Morgan fingerprint density at radius 3 is 2.63 bits per heavy atom. The van der Waals surface area contributed by atoms with Gasteiger partial charge in [-0.3, -0.25) is 4.79 Å². The molecule has 1 aliphatic rings. The summed E-state index contributed by atoms with van der Waals surface area (Å²) in [6, 6.07) is 4.94. The minimum Gasteiger partial charge on any atom is -0.373 e. The molecule has 2 atom stereocenters. The maximum absolute atomic E-state index is 12.5. The molecule has 1 aromatic carbocycles. The number of ether oxygens (including phenoxy) is 1. The summed E-state index contributed by atoms with van der Waals surface area (Å²) in [5, 5.41) is 1.64. The van der Waals surface area contributed by atoms with Gasteiger partial charge in [-0.2, -0.15) is 0 Å². The Balaban J connectivity index is 2.21. The van der Waals surface area contributed by atoms with E-state index in [4.69, 9.17) is 27.9 Å². The van der Waals surface area contributed by atoms with E-state index in [1.165, 1.54) is 0 Å². The standard InChI is InChI=1S/C13H14BrCl2NO2/c1-8-7-19-12(5-14)6-17(8)13(18)9-2-10(15)4-11(16)3-9/h2-4,8,12H,5-7H2,1H3. The third kappa shape index (κ3) is 3.63. The van der Waals surface area contributed by atoms with Crippen LogP contribution in [0.2, 0.25) is 10.0 Å². The lowest BCUT2D eigenvalue weighted by Gasteiger charge is -2.37. The number of rotatable bonds is 2. The number of amides is 1. The Hall–Kier alpha value is -0.290. The van der Waals surface area contributed by atoms with Gasteiger partial charge < -0.3 is 9.64 Å². The Labute approximate surface area is 130 Å². The molecule has 2 unspecified atom stereocenters. The monoisotopic (exact) mass is 365 g/mol. The first kappa shape index (κ1) is 15.1. The number of hydrogen-bond donors (Lipinski definition) is 0. The van der Waals surface area contributed by atoms with Crippen LogP contribution in [0.4, 0.5) is 0 Å². The first-order valence-corrected chi connectivity index (χ1v) is 7.83. The second-order valence-electron chi connectivity index (χ2n) is 4.57. The van der Waals surface area contributed by atoms with E-state index in [2.05, 4.69) is 15.9 Å². The number of morpholine rings is 1. The van der Waals surface area contributed by atoms with Crippen molar-refractivity contribution < 1.29 is 9.53 Å². The molecule has 104 valence electrons. The largest absolute Gasteiger partial charge is 0.373 e. The lowest BCUT2D eigenvalue weighted by Crippen LogP contribution is -2.51. The lowest BCUT2D eigenvalue weighted by atomic mass is 10.1. The predicted molar refractivity (Wildman–Crippen MR) is 80.5 cm³/mol. The summed E-state index contributed by atoms with van der Waals surface area (Å²) in [5.74, 6) is -0.0637. The van der Waals surface area contributed by atoms with Gasteiger partial charge in [-0.1, -0.05) is 39.1 Å². The molecule has 0 aliphatic carbocycles. The molecule has 3 nitrogen and oxygen atoms in total. The quantitative estimate of drug-likeness (QED) is 0.748. The topological polar surface area (TPSA) is 29.5 Å². The number of nitrogens with zero attached hydrogens (tertiary/aromatic N) is 1. The molecule has 1 heterocycles. The SMILES string of the molecule is CC1COC(CBr)CN1C(=O)c1cc(Cl)cc(Cl)c1. The summed E-state index contributed by atoms with van der Waals surface area (Å²) in [6.07, 6.45) is 0.0230. The Kier molecular flexibility index (Phi) is 5.12. The van der Waals surface area contributed by atoms with Crippen molar-refractivity contribution in [2.24, 2.45) is 0 Å². The van der Waals surface area contributed by atoms with E-state index < -0.39 is 0 Å². The highest BCUT2D eigenvalue weighted by Crippen LogP contribution is 2.22. The number of carbonyl (C=O) groups excluding carboxylic acids is 1. The van der Waals surface area contributed by atoms with Gasteiger partial charge in [-0.05, 0) is 25.1 Å². The van der Waals surface area contributed by atoms with Crippen LogP contribution in [0.15, 0.2) is 18.2 Å². The minimum absolute atomic E-state index is 0.0230. The average Bonchev–Trinajstić information content (AvgIpc) is 2.37. The number of alkyl halides is 1. The zero-order chi connectivity index (χ0) is 14.0. The second-order valence-corrected chi connectivity index (χ2v) is 6.09. The third-order valence-electron chi connectivity index (χ3n) is 3.05. The van der Waals surface area contributed by atoms with E-state index >= 15 is 0 Å². The van der Waals surface area contributed by atoms with Crippen LogP contribution in [0.3, 0.4) is 0 Å². The molecule has 0 radical (unpaired) electrons. The van der Waals surface area contributed by atoms with Crippen LogP contribution in [0.5, 0.6) is 0 Å². The van der Waals surface area contributed by atoms with Gasteiger partial charge >= 0.3 is 0 Å². The van der Waals surface area contributed by atoms with Crippen molar-refractivity contribution in [3.05, 3.63) is 33.8 Å². The van der Waals surface area contributed by atoms with Gasteiger partial charge in [0.05, 0.1) is 18.8 Å². The number of carbonyl (C=O) groups is 1.